The monoisotopic (exact) mass is 412 g/mol. The second kappa shape index (κ2) is 7.09. The summed E-state index contributed by atoms with van der Waals surface area (Å²) in [5, 5.41) is 4.94. The van der Waals surface area contributed by atoms with Crippen LogP contribution in [-0.2, 0) is 14.6 Å². The van der Waals surface area contributed by atoms with Crippen molar-refractivity contribution in [1.82, 2.24) is 10.3 Å². The molecule has 1 aliphatic heterocycles. The molecule has 1 atom stereocenters. The Bertz CT molecular complexity index is 933. The fourth-order valence-electron chi connectivity index (χ4n) is 3.90. The Balaban J connectivity index is 1.34. The summed E-state index contributed by atoms with van der Waals surface area (Å²) < 4.78 is 24.2. The number of amides is 1. The SMILES string of the molecule is O=C(NC1CCC(c2nc3ccc(Cl)cc3s2)CC1)C1CCS(=O)(=O)C1. The third kappa shape index (κ3) is 3.89. The molecule has 2 fully saturated rings. The number of nitrogens with one attached hydrogen (secondary N) is 1. The number of sulfone groups is 1. The van der Waals surface area contributed by atoms with Gasteiger partial charge in [0.15, 0.2) is 9.84 Å². The molecule has 1 N–H and O–H groups in total. The van der Waals surface area contributed by atoms with Gasteiger partial charge in [-0.3, -0.25) is 4.79 Å². The fourth-order valence-corrected chi connectivity index (χ4v) is 7.05. The predicted molar refractivity (Wildman–Crippen MR) is 105 cm³/mol. The Labute approximate surface area is 162 Å². The normalized spacial score (nSPS) is 28.3. The van der Waals surface area contributed by atoms with Crippen LogP contribution < -0.4 is 5.32 Å². The van der Waals surface area contributed by atoms with Crippen LogP contribution in [0.3, 0.4) is 0 Å². The molecule has 1 aromatic carbocycles. The molecule has 0 bridgehead atoms. The largest absolute Gasteiger partial charge is 0.353 e. The number of rotatable bonds is 3. The molecule has 1 unspecified atom stereocenters. The maximum absolute atomic E-state index is 12.3. The molecule has 1 saturated carbocycles. The average Bonchev–Trinajstić information content (AvgIpc) is 3.18. The molecule has 1 aliphatic carbocycles. The first-order chi connectivity index (χ1) is 12.4. The van der Waals surface area contributed by atoms with Gasteiger partial charge in [0.1, 0.15) is 0 Å². The smallest absolute Gasteiger partial charge is 0.224 e. The van der Waals surface area contributed by atoms with Crippen molar-refractivity contribution in [2.75, 3.05) is 11.5 Å². The number of fused-ring (bicyclic) bond motifs is 1. The van der Waals surface area contributed by atoms with E-state index in [-0.39, 0.29) is 29.4 Å². The highest BCUT2D eigenvalue weighted by Gasteiger charge is 2.34. The summed E-state index contributed by atoms with van der Waals surface area (Å²) in [4.78, 5) is 17.1. The number of aromatic nitrogens is 1. The van der Waals surface area contributed by atoms with Crippen molar-refractivity contribution in [3.8, 4) is 0 Å². The van der Waals surface area contributed by atoms with E-state index in [0.717, 1.165) is 45.9 Å². The molecular weight excluding hydrogens is 392 g/mol. The maximum atomic E-state index is 12.3. The zero-order valence-corrected chi connectivity index (χ0v) is 16.7. The van der Waals surface area contributed by atoms with Gasteiger partial charge in [-0.2, -0.15) is 0 Å². The molecule has 2 aromatic rings. The van der Waals surface area contributed by atoms with Gasteiger partial charge >= 0.3 is 0 Å². The number of halogens is 1. The van der Waals surface area contributed by atoms with Crippen molar-refractivity contribution in [2.24, 2.45) is 5.92 Å². The summed E-state index contributed by atoms with van der Waals surface area (Å²) in [6, 6.07) is 5.92. The van der Waals surface area contributed by atoms with Crippen LogP contribution in [0.25, 0.3) is 10.2 Å². The van der Waals surface area contributed by atoms with Gasteiger partial charge in [0, 0.05) is 17.0 Å². The lowest BCUT2D eigenvalue weighted by molar-refractivity contribution is -0.125. The van der Waals surface area contributed by atoms with Crippen LogP contribution in [-0.4, -0.2) is 36.9 Å². The Morgan fingerprint density at radius 3 is 2.65 bits per heavy atom. The molecule has 2 heterocycles. The van der Waals surface area contributed by atoms with Crippen LogP contribution in [0.4, 0.5) is 0 Å². The number of carbonyl (C=O) groups is 1. The van der Waals surface area contributed by atoms with Gasteiger partial charge in [0.05, 0.1) is 32.6 Å². The van der Waals surface area contributed by atoms with E-state index in [1.165, 1.54) is 0 Å². The zero-order chi connectivity index (χ0) is 18.3. The molecule has 1 saturated heterocycles. The first-order valence-electron chi connectivity index (χ1n) is 8.96. The summed E-state index contributed by atoms with van der Waals surface area (Å²) >= 11 is 7.76. The molecule has 8 heteroatoms. The van der Waals surface area contributed by atoms with Crippen LogP contribution in [0.15, 0.2) is 18.2 Å². The second-order valence-electron chi connectivity index (χ2n) is 7.32. The van der Waals surface area contributed by atoms with Crippen molar-refractivity contribution in [2.45, 2.75) is 44.1 Å². The van der Waals surface area contributed by atoms with E-state index in [4.69, 9.17) is 16.6 Å². The third-order valence-electron chi connectivity index (χ3n) is 5.39. The van der Waals surface area contributed by atoms with Crippen molar-refractivity contribution >= 4 is 48.9 Å². The van der Waals surface area contributed by atoms with E-state index in [2.05, 4.69) is 5.32 Å². The van der Waals surface area contributed by atoms with Crippen LogP contribution in [0.1, 0.15) is 43.0 Å². The van der Waals surface area contributed by atoms with Crippen molar-refractivity contribution in [3.05, 3.63) is 28.2 Å². The van der Waals surface area contributed by atoms with Gasteiger partial charge in [-0.25, -0.2) is 13.4 Å². The Morgan fingerprint density at radius 1 is 1.19 bits per heavy atom. The Hall–Kier alpha value is -1.18. The minimum absolute atomic E-state index is 0.00242. The Morgan fingerprint density at radius 2 is 1.96 bits per heavy atom. The van der Waals surface area contributed by atoms with Crippen LogP contribution in [0.2, 0.25) is 5.02 Å². The predicted octanol–water partition coefficient (Wildman–Crippen LogP) is 3.53. The molecular formula is C18H21ClN2O3S2. The number of benzene rings is 1. The van der Waals surface area contributed by atoms with Crippen LogP contribution >= 0.6 is 22.9 Å². The number of carbonyl (C=O) groups excluding carboxylic acids is 1. The highest BCUT2D eigenvalue weighted by atomic mass is 35.5. The van der Waals surface area contributed by atoms with E-state index in [0.29, 0.717) is 12.3 Å². The van der Waals surface area contributed by atoms with Gasteiger partial charge in [0.2, 0.25) is 5.91 Å². The van der Waals surface area contributed by atoms with Gasteiger partial charge in [0.25, 0.3) is 0 Å². The quantitative estimate of drug-likeness (QED) is 0.836. The minimum atomic E-state index is -3.02. The van der Waals surface area contributed by atoms with Crippen molar-refractivity contribution in [1.29, 1.82) is 0 Å². The van der Waals surface area contributed by atoms with E-state index < -0.39 is 9.84 Å². The lowest BCUT2D eigenvalue weighted by Gasteiger charge is -2.28. The first kappa shape index (κ1) is 18.2. The summed E-state index contributed by atoms with van der Waals surface area (Å²) in [5.74, 6) is 0.101. The first-order valence-corrected chi connectivity index (χ1v) is 12.0. The summed E-state index contributed by atoms with van der Waals surface area (Å²) in [6.45, 7) is 0. The molecule has 2 aliphatic rings. The van der Waals surface area contributed by atoms with Gasteiger partial charge < -0.3 is 5.32 Å². The lowest BCUT2D eigenvalue weighted by Crippen LogP contribution is -2.41. The maximum Gasteiger partial charge on any atom is 0.224 e. The number of hydrogen-bond donors (Lipinski definition) is 1. The average molecular weight is 413 g/mol. The van der Waals surface area contributed by atoms with Crippen LogP contribution in [0.5, 0.6) is 0 Å². The second-order valence-corrected chi connectivity index (χ2v) is 11.0. The molecule has 0 spiro atoms. The van der Waals surface area contributed by atoms with E-state index in [9.17, 15) is 13.2 Å². The number of hydrogen-bond acceptors (Lipinski definition) is 5. The highest BCUT2D eigenvalue weighted by molar-refractivity contribution is 7.91. The topological polar surface area (TPSA) is 76.1 Å². The molecule has 140 valence electrons. The van der Waals surface area contributed by atoms with Crippen molar-refractivity contribution < 1.29 is 13.2 Å². The summed E-state index contributed by atoms with van der Waals surface area (Å²) in [6.07, 6.45) is 4.25. The molecule has 4 rings (SSSR count). The molecule has 5 nitrogen and oxygen atoms in total. The third-order valence-corrected chi connectivity index (χ3v) is 8.58. The van der Waals surface area contributed by atoms with E-state index in [1.807, 2.05) is 18.2 Å². The molecule has 26 heavy (non-hydrogen) atoms. The van der Waals surface area contributed by atoms with Crippen LogP contribution in [0, 0.1) is 5.92 Å². The fraction of sp³-hybridized carbons (Fsp3) is 0.556. The number of thiazole rings is 1. The summed E-state index contributed by atoms with van der Waals surface area (Å²) in [5.41, 5.74) is 0.993. The van der Waals surface area contributed by atoms with Gasteiger partial charge in [-0.05, 0) is 50.3 Å². The van der Waals surface area contributed by atoms with Gasteiger partial charge in [-0.15, -0.1) is 11.3 Å². The summed E-state index contributed by atoms with van der Waals surface area (Å²) in [7, 11) is -3.02. The van der Waals surface area contributed by atoms with E-state index in [1.54, 1.807) is 11.3 Å². The lowest BCUT2D eigenvalue weighted by atomic mass is 9.86. The molecule has 0 radical (unpaired) electrons. The Kier molecular flexibility index (Phi) is 4.96. The van der Waals surface area contributed by atoms with E-state index >= 15 is 0 Å². The highest BCUT2D eigenvalue weighted by Crippen LogP contribution is 2.37. The van der Waals surface area contributed by atoms with Crippen molar-refractivity contribution in [3.63, 3.8) is 0 Å². The molecule has 1 aromatic heterocycles. The number of nitrogens with zero attached hydrogens (tertiary/aromatic N) is 1. The zero-order valence-electron chi connectivity index (χ0n) is 14.3. The van der Waals surface area contributed by atoms with Gasteiger partial charge in [-0.1, -0.05) is 11.6 Å². The molecule has 1 amide bonds. The standard InChI is InChI=1S/C18H21ClN2O3S2/c19-13-3-6-15-16(9-13)25-18(21-15)11-1-4-14(5-2-11)20-17(22)12-7-8-26(23,24)10-12/h3,6,9,11-12,14H,1-2,4-5,7-8,10H2,(H,20,22). The minimum Gasteiger partial charge on any atom is -0.353 e.